The molecule has 0 aliphatic carbocycles. The van der Waals surface area contributed by atoms with Gasteiger partial charge in [0.25, 0.3) is 0 Å². The molecule has 1 atom stereocenters. The first-order chi connectivity index (χ1) is 8.20. The molecule has 0 saturated carbocycles. The Balaban J connectivity index is 2.07. The van der Waals surface area contributed by atoms with Crippen molar-refractivity contribution in [3.63, 3.8) is 0 Å². The third-order valence-electron chi connectivity index (χ3n) is 2.91. The molecular formula is C13H15BrO3. The lowest BCUT2D eigenvalue weighted by atomic mass is 10.0. The van der Waals surface area contributed by atoms with Crippen molar-refractivity contribution in [2.45, 2.75) is 25.4 Å². The maximum Gasteiger partial charge on any atom is 0.166 e. The Morgan fingerprint density at radius 2 is 2.41 bits per heavy atom. The Bertz CT molecular complexity index is 411. The fourth-order valence-corrected chi connectivity index (χ4v) is 2.55. The second kappa shape index (κ2) is 5.65. The van der Waals surface area contributed by atoms with Crippen LogP contribution in [0, 0.1) is 0 Å². The minimum atomic E-state index is 0.0940. The van der Waals surface area contributed by atoms with E-state index in [1.54, 1.807) is 19.2 Å². The van der Waals surface area contributed by atoms with Crippen LogP contribution in [-0.4, -0.2) is 25.6 Å². The van der Waals surface area contributed by atoms with Crippen molar-refractivity contribution in [2.24, 2.45) is 0 Å². The summed E-state index contributed by atoms with van der Waals surface area (Å²) in [6.07, 6.45) is 2.60. The Morgan fingerprint density at radius 1 is 1.59 bits per heavy atom. The highest BCUT2D eigenvalue weighted by Gasteiger charge is 2.21. The predicted octanol–water partition coefficient (Wildman–Crippen LogP) is 3.21. The number of Topliss-reactive ketones (excluding diaryl/α,β-unsaturated/α-hetero) is 1. The second-order valence-corrected chi connectivity index (χ2v) is 4.96. The molecule has 92 valence electrons. The van der Waals surface area contributed by atoms with Gasteiger partial charge in [0, 0.05) is 23.1 Å². The van der Waals surface area contributed by atoms with Crippen LogP contribution in [0.4, 0.5) is 0 Å². The van der Waals surface area contributed by atoms with Crippen LogP contribution in [0.25, 0.3) is 0 Å². The topological polar surface area (TPSA) is 35.5 Å². The molecule has 2 rings (SSSR count). The summed E-state index contributed by atoms with van der Waals surface area (Å²) in [4.78, 5) is 12.1. The molecule has 0 spiro atoms. The minimum absolute atomic E-state index is 0.0940. The van der Waals surface area contributed by atoms with Gasteiger partial charge in [0.05, 0.1) is 13.2 Å². The molecule has 1 unspecified atom stereocenters. The summed E-state index contributed by atoms with van der Waals surface area (Å²) >= 11 is 3.40. The van der Waals surface area contributed by atoms with Gasteiger partial charge >= 0.3 is 0 Å². The van der Waals surface area contributed by atoms with Gasteiger partial charge in [-0.3, -0.25) is 4.79 Å². The molecule has 0 aromatic heterocycles. The van der Waals surface area contributed by atoms with Crippen LogP contribution in [0.3, 0.4) is 0 Å². The van der Waals surface area contributed by atoms with Gasteiger partial charge in [0.15, 0.2) is 5.78 Å². The van der Waals surface area contributed by atoms with E-state index in [4.69, 9.17) is 9.47 Å². The number of hydrogen-bond acceptors (Lipinski definition) is 3. The normalized spacial score (nSPS) is 19.3. The highest BCUT2D eigenvalue weighted by Crippen LogP contribution is 2.26. The monoisotopic (exact) mass is 298 g/mol. The van der Waals surface area contributed by atoms with E-state index in [0.29, 0.717) is 12.0 Å². The van der Waals surface area contributed by atoms with Crippen molar-refractivity contribution in [1.82, 2.24) is 0 Å². The van der Waals surface area contributed by atoms with E-state index in [2.05, 4.69) is 15.9 Å². The third-order valence-corrected chi connectivity index (χ3v) is 3.57. The first-order valence-electron chi connectivity index (χ1n) is 5.69. The van der Waals surface area contributed by atoms with Crippen molar-refractivity contribution in [1.29, 1.82) is 0 Å². The van der Waals surface area contributed by atoms with Crippen LogP contribution in [-0.2, 0) is 4.74 Å². The number of benzene rings is 1. The summed E-state index contributed by atoms with van der Waals surface area (Å²) in [7, 11) is 1.61. The Hall–Kier alpha value is -0.870. The fourth-order valence-electron chi connectivity index (χ4n) is 1.97. The van der Waals surface area contributed by atoms with Gasteiger partial charge in [-0.05, 0) is 47.0 Å². The summed E-state index contributed by atoms with van der Waals surface area (Å²) in [5, 5.41) is 0. The first-order valence-corrected chi connectivity index (χ1v) is 6.48. The highest BCUT2D eigenvalue weighted by atomic mass is 79.9. The number of hydrogen-bond donors (Lipinski definition) is 0. The number of halogens is 1. The molecule has 3 nitrogen and oxygen atoms in total. The summed E-state index contributed by atoms with van der Waals surface area (Å²) in [5.41, 5.74) is 0.696. The van der Waals surface area contributed by atoms with Crippen LogP contribution in [0.2, 0.25) is 0 Å². The van der Waals surface area contributed by atoms with Crippen LogP contribution in [0.1, 0.15) is 29.6 Å². The summed E-state index contributed by atoms with van der Waals surface area (Å²) in [6.45, 7) is 0.779. The number of carbonyl (C=O) groups excluding carboxylic acids is 1. The van der Waals surface area contributed by atoms with Crippen molar-refractivity contribution >= 4 is 21.7 Å². The Labute approximate surface area is 109 Å². The van der Waals surface area contributed by atoms with Crippen molar-refractivity contribution < 1.29 is 14.3 Å². The molecule has 1 aromatic carbocycles. The number of ether oxygens (including phenoxy) is 2. The summed E-state index contributed by atoms with van der Waals surface area (Å²) in [6, 6.07) is 5.40. The lowest BCUT2D eigenvalue weighted by Gasteiger charge is -2.10. The van der Waals surface area contributed by atoms with Gasteiger partial charge in [-0.25, -0.2) is 0 Å². The van der Waals surface area contributed by atoms with Crippen LogP contribution >= 0.6 is 15.9 Å². The summed E-state index contributed by atoms with van der Waals surface area (Å²) in [5.74, 6) is 0.858. The molecule has 17 heavy (non-hydrogen) atoms. The number of methoxy groups -OCH3 is 1. The molecule has 1 fully saturated rings. The van der Waals surface area contributed by atoms with Gasteiger partial charge in [-0.2, -0.15) is 0 Å². The fraction of sp³-hybridized carbons (Fsp3) is 0.462. The van der Waals surface area contributed by atoms with Crippen LogP contribution < -0.4 is 4.74 Å². The van der Waals surface area contributed by atoms with E-state index in [9.17, 15) is 4.79 Å². The standard InChI is InChI=1S/C13H15BrO3/c1-16-9-4-5-11(12(14)7-9)13(15)8-10-3-2-6-17-10/h4-5,7,10H,2-3,6,8H2,1H3. The maximum absolute atomic E-state index is 12.1. The van der Waals surface area contributed by atoms with E-state index in [-0.39, 0.29) is 11.9 Å². The minimum Gasteiger partial charge on any atom is -0.497 e. The lowest BCUT2D eigenvalue weighted by molar-refractivity contribution is 0.0775. The first kappa shape index (κ1) is 12.6. The maximum atomic E-state index is 12.1. The molecule has 4 heteroatoms. The lowest BCUT2D eigenvalue weighted by Crippen LogP contribution is -2.13. The third kappa shape index (κ3) is 3.07. The number of carbonyl (C=O) groups is 1. The van der Waals surface area contributed by atoms with E-state index < -0.39 is 0 Å². The molecule has 1 aliphatic heterocycles. The SMILES string of the molecule is COc1ccc(C(=O)CC2CCCO2)c(Br)c1. The number of ketones is 1. The molecule has 0 bridgehead atoms. The summed E-state index contributed by atoms with van der Waals surface area (Å²) < 4.78 is 11.3. The largest absolute Gasteiger partial charge is 0.497 e. The van der Waals surface area contributed by atoms with Crippen LogP contribution in [0.5, 0.6) is 5.75 Å². The van der Waals surface area contributed by atoms with Gasteiger partial charge in [-0.15, -0.1) is 0 Å². The van der Waals surface area contributed by atoms with Crippen molar-refractivity contribution in [2.75, 3.05) is 13.7 Å². The Kier molecular flexibility index (Phi) is 4.18. The van der Waals surface area contributed by atoms with E-state index in [1.165, 1.54) is 0 Å². The van der Waals surface area contributed by atoms with Crippen molar-refractivity contribution in [3.8, 4) is 5.75 Å². The molecule has 0 amide bonds. The number of rotatable bonds is 4. The van der Waals surface area contributed by atoms with E-state index in [1.807, 2.05) is 6.07 Å². The molecule has 1 saturated heterocycles. The van der Waals surface area contributed by atoms with E-state index in [0.717, 1.165) is 29.7 Å². The second-order valence-electron chi connectivity index (χ2n) is 4.11. The zero-order valence-corrected chi connectivity index (χ0v) is 11.3. The zero-order valence-electron chi connectivity index (χ0n) is 9.74. The predicted molar refractivity (Wildman–Crippen MR) is 68.6 cm³/mol. The van der Waals surface area contributed by atoms with Gasteiger partial charge < -0.3 is 9.47 Å². The van der Waals surface area contributed by atoms with Gasteiger partial charge in [0.2, 0.25) is 0 Å². The van der Waals surface area contributed by atoms with Crippen LogP contribution in [0.15, 0.2) is 22.7 Å². The smallest absolute Gasteiger partial charge is 0.166 e. The average Bonchev–Trinajstić information content (AvgIpc) is 2.81. The quantitative estimate of drug-likeness (QED) is 0.801. The molecule has 1 aromatic rings. The van der Waals surface area contributed by atoms with Gasteiger partial charge in [-0.1, -0.05) is 0 Å². The molecule has 0 radical (unpaired) electrons. The molecule has 1 aliphatic rings. The highest BCUT2D eigenvalue weighted by molar-refractivity contribution is 9.10. The average molecular weight is 299 g/mol. The Morgan fingerprint density at radius 3 is 3.00 bits per heavy atom. The molecule has 0 N–H and O–H groups in total. The van der Waals surface area contributed by atoms with Gasteiger partial charge in [0.1, 0.15) is 5.75 Å². The zero-order chi connectivity index (χ0) is 12.3. The molecular weight excluding hydrogens is 284 g/mol. The van der Waals surface area contributed by atoms with E-state index >= 15 is 0 Å². The molecule has 1 heterocycles. The van der Waals surface area contributed by atoms with Crippen molar-refractivity contribution in [3.05, 3.63) is 28.2 Å².